The van der Waals surface area contributed by atoms with E-state index in [0.717, 1.165) is 11.3 Å². The number of aromatic nitrogens is 1. The molecule has 0 saturated carbocycles. The Kier molecular flexibility index (Phi) is 4.79. The van der Waals surface area contributed by atoms with Crippen LogP contribution in [-0.2, 0) is 4.74 Å². The van der Waals surface area contributed by atoms with Gasteiger partial charge in [-0.2, -0.15) is 5.10 Å². The van der Waals surface area contributed by atoms with Gasteiger partial charge in [0.1, 0.15) is 4.88 Å². The first-order valence-corrected chi connectivity index (χ1v) is 6.93. The van der Waals surface area contributed by atoms with E-state index in [1.807, 2.05) is 0 Å². The number of nitro benzene ring substituents is 1. The highest BCUT2D eigenvalue weighted by molar-refractivity contribution is 7.17. The number of benzene rings is 1. The van der Waals surface area contributed by atoms with Crippen molar-refractivity contribution in [1.82, 2.24) is 4.98 Å². The van der Waals surface area contributed by atoms with Crippen LogP contribution in [0.25, 0.3) is 0 Å². The van der Waals surface area contributed by atoms with Crippen molar-refractivity contribution in [3.8, 4) is 0 Å². The number of rotatable bonds is 5. The summed E-state index contributed by atoms with van der Waals surface area (Å²) in [4.78, 5) is 26.4. The summed E-state index contributed by atoms with van der Waals surface area (Å²) in [5.41, 5.74) is 3.49. The highest BCUT2D eigenvalue weighted by Gasteiger charge is 2.15. The number of hydrogen-bond acceptors (Lipinski definition) is 8. The van der Waals surface area contributed by atoms with Crippen molar-refractivity contribution in [1.29, 1.82) is 0 Å². The van der Waals surface area contributed by atoms with Gasteiger partial charge in [0, 0.05) is 6.07 Å². The maximum Gasteiger partial charge on any atom is 0.350 e. The number of thiazole rings is 1. The zero-order valence-corrected chi connectivity index (χ0v) is 12.6. The van der Waals surface area contributed by atoms with Crippen molar-refractivity contribution < 1.29 is 14.5 Å². The first kappa shape index (κ1) is 15.6. The highest BCUT2D eigenvalue weighted by atomic mass is 32.1. The van der Waals surface area contributed by atoms with E-state index in [4.69, 9.17) is 0 Å². The number of nitro groups is 1. The molecule has 114 valence electrons. The smallest absolute Gasteiger partial charge is 0.350 e. The number of aryl methyl sites for hydroxylation is 1. The Hall–Kier alpha value is -2.81. The summed E-state index contributed by atoms with van der Waals surface area (Å²) in [7, 11) is 1.29. The van der Waals surface area contributed by atoms with Crippen LogP contribution < -0.4 is 5.43 Å². The fourth-order valence-electron chi connectivity index (χ4n) is 1.65. The van der Waals surface area contributed by atoms with E-state index in [-0.39, 0.29) is 5.69 Å². The maximum atomic E-state index is 11.5. The van der Waals surface area contributed by atoms with Crippen LogP contribution >= 0.6 is 11.3 Å². The van der Waals surface area contributed by atoms with E-state index in [0.29, 0.717) is 21.3 Å². The third-order valence-electron chi connectivity index (χ3n) is 2.66. The van der Waals surface area contributed by atoms with Gasteiger partial charge in [-0.05, 0) is 13.0 Å². The Bertz CT molecular complexity index is 741. The van der Waals surface area contributed by atoms with Gasteiger partial charge in [0.05, 0.1) is 29.5 Å². The largest absolute Gasteiger partial charge is 0.465 e. The van der Waals surface area contributed by atoms with E-state index < -0.39 is 10.9 Å². The summed E-state index contributed by atoms with van der Waals surface area (Å²) < 4.78 is 4.64. The number of carbonyl (C=O) groups excluding carboxylic acids is 1. The second-order valence-corrected chi connectivity index (χ2v) is 5.11. The zero-order chi connectivity index (χ0) is 16.1. The van der Waals surface area contributed by atoms with Gasteiger partial charge >= 0.3 is 5.97 Å². The van der Waals surface area contributed by atoms with E-state index in [1.54, 1.807) is 25.1 Å². The molecule has 0 aliphatic carbocycles. The predicted octanol–water partition coefficient (Wildman–Crippen LogP) is 2.59. The number of esters is 1. The molecule has 1 heterocycles. The predicted molar refractivity (Wildman–Crippen MR) is 82.5 cm³/mol. The number of para-hydroxylation sites is 1. The van der Waals surface area contributed by atoms with E-state index in [2.05, 4.69) is 20.2 Å². The molecule has 0 radical (unpaired) electrons. The van der Waals surface area contributed by atoms with Crippen molar-refractivity contribution >= 4 is 34.3 Å². The minimum atomic E-state index is -0.482. The van der Waals surface area contributed by atoms with Crippen LogP contribution in [0.15, 0.2) is 29.4 Å². The first-order valence-electron chi connectivity index (χ1n) is 6.11. The Morgan fingerprint density at radius 3 is 2.91 bits per heavy atom. The molecule has 2 rings (SSSR count). The lowest BCUT2D eigenvalue weighted by Crippen LogP contribution is -1.99. The minimum absolute atomic E-state index is 0.0429. The lowest BCUT2D eigenvalue weighted by molar-refractivity contribution is -0.385. The van der Waals surface area contributed by atoms with Crippen LogP contribution in [0.4, 0.5) is 10.8 Å². The summed E-state index contributed by atoms with van der Waals surface area (Å²) in [6.45, 7) is 1.68. The highest BCUT2D eigenvalue weighted by Crippen LogP contribution is 2.23. The van der Waals surface area contributed by atoms with Gasteiger partial charge < -0.3 is 4.74 Å². The third-order valence-corrected chi connectivity index (χ3v) is 3.71. The van der Waals surface area contributed by atoms with Gasteiger partial charge in [0.2, 0.25) is 5.13 Å². The lowest BCUT2D eigenvalue weighted by atomic mass is 10.2. The number of methoxy groups -OCH3 is 1. The van der Waals surface area contributed by atoms with Crippen molar-refractivity contribution in [3.63, 3.8) is 0 Å². The minimum Gasteiger partial charge on any atom is -0.465 e. The molecular weight excluding hydrogens is 308 g/mol. The standard InChI is InChI=1S/C13H12N4O4S/c1-8-11(12(18)21-2)22-13(15-8)16-14-7-9-5-3-4-6-10(9)17(19)20/h3-7H,1-2H3,(H,15,16)/b14-7+. The van der Waals surface area contributed by atoms with Gasteiger partial charge in [-0.15, -0.1) is 0 Å². The lowest BCUT2D eigenvalue weighted by Gasteiger charge is -1.96. The Morgan fingerprint density at radius 1 is 1.50 bits per heavy atom. The Balaban J connectivity index is 2.14. The summed E-state index contributed by atoms with van der Waals surface area (Å²) in [5, 5.41) is 15.2. The first-order chi connectivity index (χ1) is 10.5. The van der Waals surface area contributed by atoms with Gasteiger partial charge in [0.25, 0.3) is 5.69 Å². The number of hydrogen-bond donors (Lipinski definition) is 1. The normalized spacial score (nSPS) is 10.6. The molecule has 2 aromatic rings. The van der Waals surface area contributed by atoms with Crippen LogP contribution in [-0.4, -0.2) is 29.2 Å². The second-order valence-electron chi connectivity index (χ2n) is 4.11. The molecule has 1 N–H and O–H groups in total. The molecule has 0 saturated heterocycles. The van der Waals surface area contributed by atoms with Crippen LogP contribution in [0.1, 0.15) is 20.9 Å². The monoisotopic (exact) mass is 320 g/mol. The molecule has 0 atom stereocenters. The molecule has 1 aromatic heterocycles. The molecule has 8 nitrogen and oxygen atoms in total. The number of ether oxygens (including phenoxy) is 1. The second kappa shape index (κ2) is 6.76. The molecule has 1 aromatic carbocycles. The summed E-state index contributed by atoms with van der Waals surface area (Å²) in [6.07, 6.45) is 1.33. The molecule has 0 aliphatic rings. The fraction of sp³-hybridized carbons (Fsp3) is 0.154. The van der Waals surface area contributed by atoms with Crippen molar-refractivity contribution in [2.24, 2.45) is 5.10 Å². The zero-order valence-electron chi connectivity index (χ0n) is 11.8. The van der Waals surface area contributed by atoms with E-state index in [9.17, 15) is 14.9 Å². The van der Waals surface area contributed by atoms with Gasteiger partial charge in [-0.1, -0.05) is 23.5 Å². The van der Waals surface area contributed by atoms with Crippen molar-refractivity contribution in [3.05, 3.63) is 50.5 Å². The molecule has 0 bridgehead atoms. The Labute approximate surface area is 129 Å². The fourth-order valence-corrected chi connectivity index (χ4v) is 2.48. The average molecular weight is 320 g/mol. The van der Waals surface area contributed by atoms with Crippen LogP contribution in [0.3, 0.4) is 0 Å². The molecule has 0 aliphatic heterocycles. The molecule has 9 heteroatoms. The van der Waals surface area contributed by atoms with Crippen LogP contribution in [0.5, 0.6) is 0 Å². The summed E-state index contributed by atoms with van der Waals surface area (Å²) in [6, 6.07) is 6.23. The van der Waals surface area contributed by atoms with Gasteiger partial charge in [-0.25, -0.2) is 9.78 Å². The van der Waals surface area contributed by atoms with Gasteiger partial charge in [-0.3, -0.25) is 15.5 Å². The number of carbonyl (C=O) groups is 1. The maximum absolute atomic E-state index is 11.5. The Morgan fingerprint density at radius 2 is 2.23 bits per heavy atom. The van der Waals surface area contributed by atoms with Crippen molar-refractivity contribution in [2.45, 2.75) is 6.92 Å². The van der Waals surface area contributed by atoms with Crippen molar-refractivity contribution in [2.75, 3.05) is 12.5 Å². The quantitative estimate of drug-likeness (QED) is 0.393. The summed E-state index contributed by atoms with van der Waals surface area (Å²) >= 11 is 1.09. The number of nitrogens with zero attached hydrogens (tertiary/aromatic N) is 3. The van der Waals surface area contributed by atoms with E-state index in [1.165, 1.54) is 19.4 Å². The van der Waals surface area contributed by atoms with Crippen LogP contribution in [0, 0.1) is 17.0 Å². The number of hydrazone groups is 1. The van der Waals surface area contributed by atoms with Gasteiger partial charge in [0.15, 0.2) is 0 Å². The van der Waals surface area contributed by atoms with Crippen LogP contribution in [0.2, 0.25) is 0 Å². The average Bonchev–Trinajstić information content (AvgIpc) is 2.87. The molecule has 22 heavy (non-hydrogen) atoms. The molecular formula is C13H12N4O4S. The van der Waals surface area contributed by atoms with E-state index >= 15 is 0 Å². The molecule has 0 spiro atoms. The number of nitrogens with one attached hydrogen (secondary N) is 1. The number of anilines is 1. The molecule has 0 amide bonds. The SMILES string of the molecule is COC(=O)c1sc(N/N=C/c2ccccc2[N+](=O)[O-])nc1C. The summed E-state index contributed by atoms with van der Waals surface area (Å²) in [5.74, 6) is -0.467. The molecule has 0 unspecified atom stereocenters. The topological polar surface area (TPSA) is 107 Å². The molecule has 0 fully saturated rings. The third kappa shape index (κ3) is 3.44.